The molecule has 0 saturated heterocycles. The summed E-state index contributed by atoms with van der Waals surface area (Å²) in [5.41, 5.74) is 7.22. The molecule has 144 valence electrons. The Hall–Kier alpha value is -3.22. The molecule has 0 fully saturated rings. The SMILES string of the molecule is CCC#CCCCCc1ccc(C#Cc2ccc(-c3ccc(C)cc3)cc2)cc1. The Labute approximate surface area is 176 Å². The lowest BCUT2D eigenvalue weighted by Crippen LogP contribution is -1.86. The Morgan fingerprint density at radius 3 is 1.76 bits per heavy atom. The van der Waals surface area contributed by atoms with E-state index in [1.165, 1.54) is 35.1 Å². The third-order valence-corrected chi connectivity index (χ3v) is 4.89. The van der Waals surface area contributed by atoms with Crippen molar-refractivity contribution in [1.82, 2.24) is 0 Å². The molecule has 29 heavy (non-hydrogen) atoms. The Morgan fingerprint density at radius 1 is 0.621 bits per heavy atom. The highest BCUT2D eigenvalue weighted by Crippen LogP contribution is 2.20. The van der Waals surface area contributed by atoms with E-state index < -0.39 is 0 Å². The Morgan fingerprint density at radius 2 is 1.17 bits per heavy atom. The van der Waals surface area contributed by atoms with Gasteiger partial charge in [0.15, 0.2) is 0 Å². The highest BCUT2D eigenvalue weighted by molar-refractivity contribution is 5.64. The highest BCUT2D eigenvalue weighted by Gasteiger charge is 1.97. The number of benzene rings is 3. The van der Waals surface area contributed by atoms with Crippen molar-refractivity contribution >= 4 is 0 Å². The fourth-order valence-corrected chi connectivity index (χ4v) is 3.15. The molecule has 0 aliphatic rings. The van der Waals surface area contributed by atoms with Gasteiger partial charge in [-0.1, -0.05) is 72.9 Å². The summed E-state index contributed by atoms with van der Waals surface area (Å²) in [5, 5.41) is 0. The molecule has 0 atom stereocenters. The van der Waals surface area contributed by atoms with Crippen molar-refractivity contribution in [3.8, 4) is 34.8 Å². The average molecular weight is 377 g/mol. The first-order chi connectivity index (χ1) is 14.2. The smallest absolute Gasteiger partial charge is 0.0249 e. The maximum absolute atomic E-state index is 3.28. The van der Waals surface area contributed by atoms with Gasteiger partial charge < -0.3 is 0 Å². The second-order valence-electron chi connectivity index (χ2n) is 7.30. The number of hydrogen-bond donors (Lipinski definition) is 0. The van der Waals surface area contributed by atoms with Gasteiger partial charge in [0.1, 0.15) is 0 Å². The molecular formula is C29H28. The van der Waals surface area contributed by atoms with Crippen LogP contribution < -0.4 is 0 Å². The van der Waals surface area contributed by atoms with E-state index in [9.17, 15) is 0 Å². The lowest BCUT2D eigenvalue weighted by Gasteiger charge is -2.02. The molecule has 0 bridgehead atoms. The number of hydrogen-bond acceptors (Lipinski definition) is 0. The third kappa shape index (κ3) is 6.71. The third-order valence-electron chi connectivity index (χ3n) is 4.89. The molecular weight excluding hydrogens is 348 g/mol. The molecule has 0 unspecified atom stereocenters. The van der Waals surface area contributed by atoms with Gasteiger partial charge in [0.25, 0.3) is 0 Å². The topological polar surface area (TPSA) is 0 Å². The normalized spacial score (nSPS) is 9.86. The summed E-state index contributed by atoms with van der Waals surface area (Å²) in [7, 11) is 0. The lowest BCUT2D eigenvalue weighted by molar-refractivity contribution is 0.756. The van der Waals surface area contributed by atoms with E-state index in [1.807, 2.05) is 0 Å². The Balaban J connectivity index is 1.55. The first-order valence-corrected chi connectivity index (χ1v) is 10.5. The van der Waals surface area contributed by atoms with Crippen molar-refractivity contribution < 1.29 is 0 Å². The summed E-state index contributed by atoms with van der Waals surface area (Å²) in [6.45, 7) is 4.21. The molecule has 0 aromatic heterocycles. The second kappa shape index (κ2) is 10.9. The number of rotatable bonds is 5. The average Bonchev–Trinajstić information content (AvgIpc) is 2.76. The monoisotopic (exact) mass is 376 g/mol. The van der Waals surface area contributed by atoms with Crippen LogP contribution in [-0.2, 0) is 6.42 Å². The first-order valence-electron chi connectivity index (χ1n) is 10.5. The fourth-order valence-electron chi connectivity index (χ4n) is 3.15. The predicted molar refractivity (Wildman–Crippen MR) is 125 cm³/mol. The van der Waals surface area contributed by atoms with Crippen LogP contribution in [0.1, 0.15) is 54.9 Å². The number of aryl methyl sites for hydroxylation is 2. The van der Waals surface area contributed by atoms with Gasteiger partial charge >= 0.3 is 0 Å². The van der Waals surface area contributed by atoms with E-state index in [0.29, 0.717) is 0 Å². The molecule has 0 heterocycles. The highest BCUT2D eigenvalue weighted by atomic mass is 14.0. The summed E-state index contributed by atoms with van der Waals surface area (Å²) in [4.78, 5) is 0. The molecule has 0 saturated carbocycles. The summed E-state index contributed by atoms with van der Waals surface area (Å²) >= 11 is 0. The number of unbranched alkanes of at least 4 members (excludes halogenated alkanes) is 2. The van der Waals surface area contributed by atoms with Gasteiger partial charge in [-0.2, -0.15) is 0 Å². The van der Waals surface area contributed by atoms with E-state index in [2.05, 4.69) is 110 Å². The minimum atomic E-state index is 0.958. The van der Waals surface area contributed by atoms with Crippen molar-refractivity contribution in [2.75, 3.05) is 0 Å². The van der Waals surface area contributed by atoms with Crippen molar-refractivity contribution in [1.29, 1.82) is 0 Å². The van der Waals surface area contributed by atoms with Crippen LogP contribution in [0.25, 0.3) is 11.1 Å². The van der Waals surface area contributed by atoms with Crippen LogP contribution in [0, 0.1) is 30.6 Å². The van der Waals surface area contributed by atoms with Gasteiger partial charge in [-0.15, -0.1) is 11.8 Å². The zero-order chi connectivity index (χ0) is 20.3. The largest absolute Gasteiger partial charge is 0.104 e. The molecule has 3 aromatic rings. The molecule has 3 aromatic carbocycles. The van der Waals surface area contributed by atoms with Crippen molar-refractivity contribution in [3.05, 3.63) is 95.1 Å². The van der Waals surface area contributed by atoms with Crippen LogP contribution in [0.15, 0.2) is 72.8 Å². The van der Waals surface area contributed by atoms with E-state index in [-0.39, 0.29) is 0 Å². The van der Waals surface area contributed by atoms with Gasteiger partial charge in [-0.3, -0.25) is 0 Å². The maximum atomic E-state index is 3.28. The van der Waals surface area contributed by atoms with Crippen LogP contribution in [0.2, 0.25) is 0 Å². The van der Waals surface area contributed by atoms with Crippen LogP contribution in [0.3, 0.4) is 0 Å². The standard InChI is InChI=1S/C29H28/c1-3-4-5-6-7-8-9-25-12-14-26(15-13-25)16-17-27-18-22-29(23-19-27)28-20-10-24(2)11-21-28/h10-15,18-23H,3,6-9H2,1-2H3. The molecule has 0 spiro atoms. The van der Waals surface area contributed by atoms with Crippen LogP contribution in [-0.4, -0.2) is 0 Å². The molecule has 0 aliphatic heterocycles. The van der Waals surface area contributed by atoms with E-state index in [0.717, 1.165) is 30.4 Å². The van der Waals surface area contributed by atoms with Gasteiger partial charge in [-0.05, 0) is 67.1 Å². The summed E-state index contributed by atoms with van der Waals surface area (Å²) in [6.07, 6.45) is 5.45. The summed E-state index contributed by atoms with van der Waals surface area (Å²) < 4.78 is 0. The molecule has 3 rings (SSSR count). The van der Waals surface area contributed by atoms with Gasteiger partial charge in [0.2, 0.25) is 0 Å². The van der Waals surface area contributed by atoms with E-state index in [1.54, 1.807) is 0 Å². The summed E-state index contributed by atoms with van der Waals surface area (Å²) in [5.74, 6) is 12.9. The molecule has 0 radical (unpaired) electrons. The van der Waals surface area contributed by atoms with Crippen LogP contribution >= 0.6 is 0 Å². The Bertz CT molecular complexity index is 1010. The molecule has 0 amide bonds. The zero-order valence-electron chi connectivity index (χ0n) is 17.5. The first kappa shape index (κ1) is 20.5. The van der Waals surface area contributed by atoms with Crippen molar-refractivity contribution in [2.24, 2.45) is 0 Å². The van der Waals surface area contributed by atoms with Gasteiger partial charge in [0, 0.05) is 24.0 Å². The van der Waals surface area contributed by atoms with E-state index >= 15 is 0 Å². The van der Waals surface area contributed by atoms with Gasteiger partial charge in [0.05, 0.1) is 0 Å². The minimum Gasteiger partial charge on any atom is -0.104 e. The molecule has 0 N–H and O–H groups in total. The maximum Gasteiger partial charge on any atom is 0.0249 e. The van der Waals surface area contributed by atoms with Crippen LogP contribution in [0.5, 0.6) is 0 Å². The minimum absolute atomic E-state index is 0.958. The molecule has 0 heteroatoms. The quantitative estimate of drug-likeness (QED) is 0.326. The second-order valence-corrected chi connectivity index (χ2v) is 7.30. The fraction of sp³-hybridized carbons (Fsp3) is 0.241. The Kier molecular flexibility index (Phi) is 7.74. The lowest BCUT2D eigenvalue weighted by atomic mass is 10.0. The predicted octanol–water partition coefficient (Wildman–Crippen LogP) is 7.19. The molecule has 0 nitrogen and oxygen atoms in total. The van der Waals surface area contributed by atoms with Gasteiger partial charge in [-0.25, -0.2) is 0 Å². The molecule has 0 aliphatic carbocycles. The zero-order valence-corrected chi connectivity index (χ0v) is 17.5. The van der Waals surface area contributed by atoms with Crippen LogP contribution in [0.4, 0.5) is 0 Å². The summed E-state index contributed by atoms with van der Waals surface area (Å²) in [6, 6.07) is 25.7. The van der Waals surface area contributed by atoms with Crippen molar-refractivity contribution in [2.45, 2.75) is 46.0 Å². The van der Waals surface area contributed by atoms with Crippen molar-refractivity contribution in [3.63, 3.8) is 0 Å². The van der Waals surface area contributed by atoms with E-state index in [4.69, 9.17) is 0 Å².